The summed E-state index contributed by atoms with van der Waals surface area (Å²) < 4.78 is 23.7. The quantitative estimate of drug-likeness (QED) is 0.569. The van der Waals surface area contributed by atoms with E-state index >= 15 is 0 Å². The van der Waals surface area contributed by atoms with Gasteiger partial charge in [-0.2, -0.15) is 0 Å². The zero-order chi connectivity index (χ0) is 21.5. The van der Waals surface area contributed by atoms with E-state index < -0.39 is 11.7 Å². The average Bonchev–Trinajstić information content (AvgIpc) is 2.75. The van der Waals surface area contributed by atoms with Crippen LogP contribution in [-0.2, 0) is 4.79 Å². The number of rotatable bonds is 7. The number of ether oxygens (including phenoxy) is 2. The zero-order valence-electron chi connectivity index (χ0n) is 15.9. The van der Waals surface area contributed by atoms with E-state index in [4.69, 9.17) is 21.1 Å². The van der Waals surface area contributed by atoms with Crippen LogP contribution in [0.2, 0.25) is 5.02 Å². The number of nitrogens with one attached hydrogen (secondary N) is 2. The third kappa shape index (κ3) is 5.71. The molecule has 0 bridgehead atoms. The summed E-state index contributed by atoms with van der Waals surface area (Å²) in [5, 5.41) is 5.91. The SMILES string of the molecule is COc1cc(C(=O)Nc2ccc(Cl)cc2)ccc1OCC(=O)Nc1ccc(F)cc1. The molecule has 3 aromatic rings. The molecule has 8 heteroatoms. The Labute approximate surface area is 177 Å². The minimum atomic E-state index is -0.423. The number of amides is 2. The maximum atomic E-state index is 12.9. The molecular weight excluding hydrogens is 411 g/mol. The summed E-state index contributed by atoms with van der Waals surface area (Å²) in [5.74, 6) is -0.554. The zero-order valence-corrected chi connectivity index (χ0v) is 16.7. The first-order chi connectivity index (χ1) is 14.4. The Kier molecular flexibility index (Phi) is 6.87. The predicted octanol–water partition coefficient (Wildman–Crippen LogP) is 4.76. The van der Waals surface area contributed by atoms with Gasteiger partial charge in [0.05, 0.1) is 7.11 Å². The highest BCUT2D eigenvalue weighted by atomic mass is 35.5. The van der Waals surface area contributed by atoms with Crippen molar-refractivity contribution in [1.82, 2.24) is 0 Å². The summed E-state index contributed by atoms with van der Waals surface area (Å²) in [7, 11) is 1.43. The van der Waals surface area contributed by atoms with Crippen molar-refractivity contribution in [2.24, 2.45) is 0 Å². The van der Waals surface area contributed by atoms with Crippen LogP contribution in [0.3, 0.4) is 0 Å². The molecule has 0 unspecified atom stereocenters. The van der Waals surface area contributed by atoms with Gasteiger partial charge in [-0.15, -0.1) is 0 Å². The number of halogens is 2. The molecule has 3 aromatic carbocycles. The van der Waals surface area contributed by atoms with Crippen molar-refractivity contribution >= 4 is 34.8 Å². The summed E-state index contributed by atoms with van der Waals surface area (Å²) >= 11 is 5.84. The number of hydrogen-bond donors (Lipinski definition) is 2. The first-order valence-corrected chi connectivity index (χ1v) is 9.25. The maximum absolute atomic E-state index is 12.9. The Bertz CT molecular complexity index is 1040. The minimum Gasteiger partial charge on any atom is -0.493 e. The van der Waals surface area contributed by atoms with Crippen molar-refractivity contribution in [3.63, 3.8) is 0 Å². The second-order valence-corrected chi connectivity index (χ2v) is 6.61. The molecule has 0 spiro atoms. The van der Waals surface area contributed by atoms with Crippen LogP contribution in [-0.4, -0.2) is 25.5 Å². The highest BCUT2D eigenvalue weighted by molar-refractivity contribution is 6.30. The third-order valence-corrected chi connectivity index (χ3v) is 4.27. The highest BCUT2D eigenvalue weighted by Gasteiger charge is 2.13. The van der Waals surface area contributed by atoms with E-state index in [1.165, 1.54) is 37.4 Å². The fraction of sp³-hybridized carbons (Fsp3) is 0.0909. The van der Waals surface area contributed by atoms with Gasteiger partial charge >= 0.3 is 0 Å². The molecule has 154 valence electrons. The van der Waals surface area contributed by atoms with Gasteiger partial charge in [0.2, 0.25) is 0 Å². The summed E-state index contributed by atoms with van der Waals surface area (Å²) in [6.45, 7) is -0.288. The summed E-state index contributed by atoms with van der Waals surface area (Å²) in [4.78, 5) is 24.5. The molecule has 3 rings (SSSR count). The van der Waals surface area contributed by atoms with Gasteiger partial charge in [-0.25, -0.2) is 4.39 Å². The normalized spacial score (nSPS) is 10.2. The Hall–Kier alpha value is -3.58. The lowest BCUT2D eigenvalue weighted by Gasteiger charge is -2.12. The molecule has 0 aromatic heterocycles. The van der Waals surface area contributed by atoms with Crippen LogP contribution in [0.5, 0.6) is 11.5 Å². The van der Waals surface area contributed by atoms with Gasteiger partial charge in [0.25, 0.3) is 11.8 Å². The van der Waals surface area contributed by atoms with Crippen LogP contribution in [0.15, 0.2) is 66.7 Å². The molecule has 2 N–H and O–H groups in total. The van der Waals surface area contributed by atoms with Gasteiger partial charge < -0.3 is 20.1 Å². The van der Waals surface area contributed by atoms with Crippen molar-refractivity contribution in [3.05, 3.63) is 83.1 Å². The lowest BCUT2D eigenvalue weighted by molar-refractivity contribution is -0.118. The van der Waals surface area contributed by atoms with E-state index in [0.717, 1.165) is 0 Å². The fourth-order valence-corrected chi connectivity index (χ4v) is 2.66. The second kappa shape index (κ2) is 9.76. The van der Waals surface area contributed by atoms with Crippen LogP contribution < -0.4 is 20.1 Å². The maximum Gasteiger partial charge on any atom is 0.262 e. The fourth-order valence-electron chi connectivity index (χ4n) is 2.54. The number of hydrogen-bond acceptors (Lipinski definition) is 4. The predicted molar refractivity (Wildman–Crippen MR) is 113 cm³/mol. The number of anilines is 2. The Morgan fingerprint density at radius 2 is 1.53 bits per heavy atom. The van der Waals surface area contributed by atoms with Crippen molar-refractivity contribution < 1.29 is 23.5 Å². The minimum absolute atomic E-state index is 0.288. The molecule has 0 aliphatic rings. The number of benzene rings is 3. The Morgan fingerprint density at radius 1 is 0.900 bits per heavy atom. The van der Waals surface area contributed by atoms with Crippen molar-refractivity contribution in [3.8, 4) is 11.5 Å². The molecule has 30 heavy (non-hydrogen) atoms. The lowest BCUT2D eigenvalue weighted by Crippen LogP contribution is -2.20. The molecule has 0 fully saturated rings. The van der Waals surface area contributed by atoms with Crippen molar-refractivity contribution in [1.29, 1.82) is 0 Å². The van der Waals surface area contributed by atoms with Gasteiger partial charge in [0.15, 0.2) is 18.1 Å². The third-order valence-electron chi connectivity index (χ3n) is 4.01. The van der Waals surface area contributed by atoms with E-state index in [0.29, 0.717) is 33.5 Å². The summed E-state index contributed by atoms with van der Waals surface area (Å²) in [5.41, 5.74) is 1.40. The van der Waals surface area contributed by atoms with E-state index in [-0.39, 0.29) is 12.5 Å². The van der Waals surface area contributed by atoms with Crippen LogP contribution >= 0.6 is 11.6 Å². The van der Waals surface area contributed by atoms with E-state index in [9.17, 15) is 14.0 Å². The first kappa shape index (κ1) is 21.1. The van der Waals surface area contributed by atoms with Crippen LogP contribution in [0.4, 0.5) is 15.8 Å². The van der Waals surface area contributed by atoms with Crippen LogP contribution in [0.25, 0.3) is 0 Å². The van der Waals surface area contributed by atoms with Gasteiger partial charge in [-0.05, 0) is 66.7 Å². The van der Waals surface area contributed by atoms with E-state index in [1.54, 1.807) is 36.4 Å². The molecule has 2 amide bonds. The smallest absolute Gasteiger partial charge is 0.262 e. The topological polar surface area (TPSA) is 76.7 Å². The Morgan fingerprint density at radius 3 is 2.20 bits per heavy atom. The van der Waals surface area contributed by atoms with E-state index in [1.807, 2.05) is 0 Å². The summed E-state index contributed by atoms with van der Waals surface area (Å²) in [6.07, 6.45) is 0. The van der Waals surface area contributed by atoms with Gasteiger partial charge in [-0.1, -0.05) is 11.6 Å². The molecular formula is C22H18ClFN2O4. The van der Waals surface area contributed by atoms with Crippen LogP contribution in [0.1, 0.15) is 10.4 Å². The molecule has 0 atom stereocenters. The van der Waals surface area contributed by atoms with Crippen LogP contribution in [0, 0.1) is 5.82 Å². The average molecular weight is 429 g/mol. The molecule has 6 nitrogen and oxygen atoms in total. The molecule has 0 radical (unpaired) electrons. The molecule has 0 aliphatic carbocycles. The molecule has 0 aliphatic heterocycles. The molecule has 0 saturated heterocycles. The first-order valence-electron chi connectivity index (χ1n) is 8.88. The van der Waals surface area contributed by atoms with Crippen molar-refractivity contribution in [2.75, 3.05) is 24.4 Å². The molecule has 0 saturated carbocycles. The monoisotopic (exact) mass is 428 g/mol. The standard InChI is InChI=1S/C22H18ClFN2O4/c1-29-20-12-14(22(28)26-18-7-3-15(23)4-8-18)2-11-19(20)30-13-21(27)25-17-9-5-16(24)6-10-17/h2-12H,13H2,1H3,(H,25,27)(H,26,28). The van der Waals surface area contributed by atoms with Gasteiger partial charge in [0, 0.05) is 22.0 Å². The summed E-state index contributed by atoms with van der Waals surface area (Å²) in [6, 6.07) is 16.7. The van der Waals surface area contributed by atoms with E-state index in [2.05, 4.69) is 10.6 Å². The lowest BCUT2D eigenvalue weighted by atomic mass is 10.2. The second-order valence-electron chi connectivity index (χ2n) is 6.17. The van der Waals surface area contributed by atoms with Gasteiger partial charge in [-0.3, -0.25) is 9.59 Å². The Balaban J connectivity index is 1.61. The molecule has 0 heterocycles. The van der Waals surface area contributed by atoms with Crippen molar-refractivity contribution in [2.45, 2.75) is 0 Å². The number of carbonyl (C=O) groups excluding carboxylic acids is 2. The largest absolute Gasteiger partial charge is 0.493 e. The highest BCUT2D eigenvalue weighted by Crippen LogP contribution is 2.28. The number of carbonyl (C=O) groups is 2. The van der Waals surface area contributed by atoms with Gasteiger partial charge in [0.1, 0.15) is 5.82 Å². The number of methoxy groups -OCH3 is 1.